The van der Waals surface area contributed by atoms with E-state index in [4.69, 9.17) is 9.84 Å². The lowest BCUT2D eigenvalue weighted by molar-refractivity contribution is -0.135. The molecule has 3 N–H and O–H groups in total. The number of fused-ring (bicyclic) bond motifs is 1. The first-order chi connectivity index (χ1) is 12.5. The van der Waals surface area contributed by atoms with E-state index in [9.17, 15) is 14.7 Å². The van der Waals surface area contributed by atoms with Gasteiger partial charge in [0, 0.05) is 16.5 Å². The van der Waals surface area contributed by atoms with Crippen molar-refractivity contribution in [2.24, 2.45) is 0 Å². The number of nitrogens with zero attached hydrogens (tertiary/aromatic N) is 1. The molecule has 0 fully saturated rings. The first kappa shape index (κ1) is 17.2. The number of nitrogens with one attached hydrogen (secondary N) is 1. The molecular weight excluding hydrogens is 338 g/mol. The number of aryl methyl sites for hydroxylation is 1. The maximum Gasteiger partial charge on any atom is 0.322 e. The molecule has 0 aliphatic heterocycles. The van der Waals surface area contributed by atoms with Gasteiger partial charge < -0.3 is 20.3 Å². The third kappa shape index (κ3) is 3.56. The lowest BCUT2D eigenvalue weighted by atomic mass is 10.1. The Balaban J connectivity index is 1.96. The van der Waals surface area contributed by atoms with Crippen LogP contribution in [0.3, 0.4) is 0 Å². The van der Waals surface area contributed by atoms with E-state index >= 15 is 0 Å². The summed E-state index contributed by atoms with van der Waals surface area (Å²) in [4.78, 5) is 26.7. The van der Waals surface area contributed by atoms with Gasteiger partial charge in [0.15, 0.2) is 11.4 Å². The van der Waals surface area contributed by atoms with E-state index in [1.54, 1.807) is 25.1 Å². The second kappa shape index (κ2) is 7.10. The molecule has 1 heterocycles. The van der Waals surface area contributed by atoms with Crippen LogP contribution in [0.1, 0.15) is 16.2 Å². The molecule has 1 aromatic heterocycles. The zero-order valence-electron chi connectivity index (χ0n) is 13.9. The van der Waals surface area contributed by atoms with Crippen molar-refractivity contribution in [1.29, 1.82) is 0 Å². The number of para-hydroxylation sites is 1. The lowest BCUT2D eigenvalue weighted by Gasteiger charge is -2.12. The fraction of sp³-hybridized carbons (Fsp3) is 0.105. The number of carbonyl (C=O) groups is 2. The third-order valence-electron chi connectivity index (χ3n) is 3.73. The number of rotatable bonds is 5. The summed E-state index contributed by atoms with van der Waals surface area (Å²) in [6, 6.07) is 14.3. The van der Waals surface area contributed by atoms with Crippen LogP contribution in [0, 0.1) is 6.92 Å². The first-order valence-electron chi connectivity index (χ1n) is 7.82. The topological polar surface area (TPSA) is 109 Å². The molecule has 0 aliphatic rings. The Morgan fingerprint density at radius 3 is 2.50 bits per heavy atom. The van der Waals surface area contributed by atoms with Crippen molar-refractivity contribution < 1.29 is 24.5 Å². The molecule has 0 atom stereocenters. The van der Waals surface area contributed by atoms with Crippen LogP contribution in [-0.2, 0) is 4.79 Å². The second-order valence-corrected chi connectivity index (χ2v) is 5.59. The van der Waals surface area contributed by atoms with Gasteiger partial charge in [0.05, 0.1) is 0 Å². The molecule has 0 saturated carbocycles. The van der Waals surface area contributed by atoms with Gasteiger partial charge in [-0.1, -0.05) is 18.2 Å². The zero-order valence-corrected chi connectivity index (χ0v) is 13.9. The van der Waals surface area contributed by atoms with Gasteiger partial charge in [-0.05, 0) is 37.3 Å². The first-order valence-corrected chi connectivity index (χ1v) is 7.82. The molecule has 0 saturated heterocycles. The monoisotopic (exact) mass is 354 g/mol. The fourth-order valence-corrected chi connectivity index (χ4v) is 2.52. The summed E-state index contributed by atoms with van der Waals surface area (Å²) in [5.41, 5.74) is 0.296. The van der Waals surface area contributed by atoms with Crippen molar-refractivity contribution in [2.45, 2.75) is 6.92 Å². The second-order valence-electron chi connectivity index (χ2n) is 5.59. The van der Waals surface area contributed by atoms with Gasteiger partial charge in [-0.15, -0.1) is 0 Å². The van der Waals surface area contributed by atoms with E-state index in [0.29, 0.717) is 28.0 Å². The maximum atomic E-state index is 12.1. The highest BCUT2D eigenvalue weighted by Crippen LogP contribution is 2.33. The van der Waals surface area contributed by atoms with Crippen LogP contribution in [0.15, 0.2) is 48.5 Å². The van der Waals surface area contributed by atoms with E-state index in [1.165, 1.54) is 0 Å². The normalized spacial score (nSPS) is 10.5. The molecule has 132 valence electrons. The predicted octanol–water partition coefficient (Wildman–Crippen LogP) is 2.86. The molecule has 1 amide bonds. The predicted molar refractivity (Wildman–Crippen MR) is 94.6 cm³/mol. The molecule has 3 rings (SSSR count). The summed E-state index contributed by atoms with van der Waals surface area (Å²) in [5.74, 6) is -1.00. The van der Waals surface area contributed by atoms with Gasteiger partial charge in [-0.25, -0.2) is 4.98 Å². The van der Waals surface area contributed by atoms with Crippen LogP contribution < -0.4 is 10.1 Å². The fourth-order valence-electron chi connectivity index (χ4n) is 2.52. The molecule has 0 spiro atoms. The number of ether oxygens (including phenoxy) is 1. The van der Waals surface area contributed by atoms with Crippen molar-refractivity contribution in [2.75, 3.05) is 6.54 Å². The smallest absolute Gasteiger partial charge is 0.322 e. The van der Waals surface area contributed by atoms with E-state index < -0.39 is 18.4 Å². The van der Waals surface area contributed by atoms with Crippen LogP contribution in [-0.4, -0.2) is 33.6 Å². The van der Waals surface area contributed by atoms with E-state index in [0.717, 1.165) is 0 Å². The Kier molecular flexibility index (Phi) is 4.70. The number of carbonyl (C=O) groups excluding carboxylic acids is 1. The molecule has 26 heavy (non-hydrogen) atoms. The highest BCUT2D eigenvalue weighted by Gasteiger charge is 2.18. The molecule has 0 radical (unpaired) electrons. The van der Waals surface area contributed by atoms with Crippen molar-refractivity contribution >= 4 is 22.6 Å². The van der Waals surface area contributed by atoms with Crippen LogP contribution in [0.5, 0.6) is 17.2 Å². The number of amides is 1. The number of aromatic nitrogens is 1. The van der Waals surface area contributed by atoms with Crippen molar-refractivity contribution in [3.63, 3.8) is 0 Å². The number of aliphatic carboxylic acids is 1. The Morgan fingerprint density at radius 2 is 1.81 bits per heavy atom. The quantitative estimate of drug-likeness (QED) is 0.480. The number of carboxylic acid groups (broad SMARTS) is 1. The van der Waals surface area contributed by atoms with Crippen LogP contribution in [0.4, 0.5) is 0 Å². The van der Waals surface area contributed by atoms with Gasteiger partial charge in [-0.2, -0.15) is 0 Å². The average Bonchev–Trinajstić information content (AvgIpc) is 2.63. The van der Waals surface area contributed by atoms with Gasteiger partial charge in [0.2, 0.25) is 0 Å². The lowest BCUT2D eigenvalue weighted by Crippen LogP contribution is -2.30. The third-order valence-corrected chi connectivity index (χ3v) is 3.73. The number of hydrogen-bond acceptors (Lipinski definition) is 5. The van der Waals surface area contributed by atoms with E-state index in [-0.39, 0.29) is 11.4 Å². The minimum Gasteiger partial charge on any atom is -0.505 e. The zero-order chi connectivity index (χ0) is 18.7. The molecule has 3 aromatic rings. The summed E-state index contributed by atoms with van der Waals surface area (Å²) in [6.45, 7) is 1.14. The SMILES string of the molecule is Cc1nc(C(=O)[15NH][13CH2]C(=O)O)c(O)c2ccc(Oc3ccccc3)cc12. The molecular formula is C19H16N2O5. The standard InChI is InChI=1S/C19H16N2O5/c1-11-15-9-13(26-12-5-3-2-4-6-12)7-8-14(15)18(24)17(21-11)19(25)20-10-16(22)23/h2-9,24H,10H2,1H3,(H,20,25)(H,22,23)/i10+1,20+1. The number of aromatic hydroxyl groups is 1. The van der Waals surface area contributed by atoms with Gasteiger partial charge in [0.25, 0.3) is 5.91 Å². The van der Waals surface area contributed by atoms with Crippen molar-refractivity contribution in [1.82, 2.24) is 10.3 Å². The Labute approximate surface area is 148 Å². The molecule has 0 unspecified atom stereocenters. The van der Waals surface area contributed by atoms with Crippen LogP contribution >= 0.6 is 0 Å². The highest BCUT2D eigenvalue weighted by atomic mass is 16.5. The van der Waals surface area contributed by atoms with E-state index in [2.05, 4.69) is 10.3 Å². The minimum absolute atomic E-state index is 0.215. The maximum absolute atomic E-state index is 12.1. The number of carboxylic acids is 1. The molecule has 0 bridgehead atoms. The highest BCUT2D eigenvalue weighted by molar-refractivity contribution is 6.03. The number of pyridine rings is 1. The van der Waals surface area contributed by atoms with Crippen molar-refractivity contribution in [3.8, 4) is 17.2 Å². The average molecular weight is 354 g/mol. The Bertz CT molecular complexity index is 986. The summed E-state index contributed by atoms with van der Waals surface area (Å²) < 4.78 is 5.77. The summed E-state index contributed by atoms with van der Waals surface area (Å²) in [5, 5.41) is 22.3. The van der Waals surface area contributed by atoms with Gasteiger partial charge in [0.1, 0.15) is 18.0 Å². The molecule has 2 aromatic carbocycles. The summed E-state index contributed by atoms with van der Waals surface area (Å²) in [6.07, 6.45) is 0. The van der Waals surface area contributed by atoms with Crippen LogP contribution in [0.25, 0.3) is 10.8 Å². The summed E-state index contributed by atoms with van der Waals surface area (Å²) in [7, 11) is 0. The Morgan fingerprint density at radius 1 is 1.08 bits per heavy atom. The van der Waals surface area contributed by atoms with E-state index in [1.807, 2.05) is 30.3 Å². The molecule has 7 nitrogen and oxygen atoms in total. The van der Waals surface area contributed by atoms with Crippen LogP contribution in [0.2, 0.25) is 0 Å². The number of hydrogen-bond donors (Lipinski definition) is 3. The Hall–Kier alpha value is -3.61. The van der Waals surface area contributed by atoms with Crippen molar-refractivity contribution in [3.05, 3.63) is 59.9 Å². The largest absolute Gasteiger partial charge is 0.505 e. The molecule has 0 aliphatic carbocycles. The number of benzene rings is 2. The molecule has 7 heteroatoms. The summed E-state index contributed by atoms with van der Waals surface area (Å²) >= 11 is 0. The minimum atomic E-state index is -1.18. The van der Waals surface area contributed by atoms with Gasteiger partial charge in [-0.3, -0.25) is 9.59 Å². The van der Waals surface area contributed by atoms with Gasteiger partial charge >= 0.3 is 5.97 Å².